The lowest BCUT2D eigenvalue weighted by atomic mass is 9.95. The number of benzene rings is 2. The molecule has 2 aromatic carbocycles. The highest BCUT2D eigenvalue weighted by Gasteiger charge is 2.46. The van der Waals surface area contributed by atoms with Crippen molar-refractivity contribution in [3.05, 3.63) is 108 Å². The molecule has 0 aliphatic carbocycles. The van der Waals surface area contributed by atoms with Gasteiger partial charge in [0.15, 0.2) is 0 Å². The van der Waals surface area contributed by atoms with E-state index in [1.54, 1.807) is 42.5 Å². The number of amides is 1. The third kappa shape index (κ3) is 4.00. The Morgan fingerprint density at radius 3 is 2.45 bits per heavy atom. The van der Waals surface area contributed by atoms with Crippen molar-refractivity contribution in [3.8, 4) is 5.75 Å². The Labute approximate surface area is 179 Å². The van der Waals surface area contributed by atoms with Crippen LogP contribution in [0.2, 0.25) is 0 Å². The zero-order valence-corrected chi connectivity index (χ0v) is 16.7. The molecule has 0 spiro atoms. The summed E-state index contributed by atoms with van der Waals surface area (Å²) in [7, 11) is 0. The maximum Gasteiger partial charge on any atom is 0.296 e. The highest BCUT2D eigenvalue weighted by atomic mass is 16.5. The van der Waals surface area contributed by atoms with Gasteiger partial charge in [-0.2, -0.15) is 0 Å². The molecule has 6 nitrogen and oxygen atoms in total. The van der Waals surface area contributed by atoms with Crippen molar-refractivity contribution in [3.63, 3.8) is 0 Å². The van der Waals surface area contributed by atoms with E-state index >= 15 is 0 Å². The minimum Gasteiger partial charge on any atom is -0.507 e. The smallest absolute Gasteiger partial charge is 0.296 e. The minimum atomic E-state index is -0.733. The van der Waals surface area contributed by atoms with E-state index in [0.717, 1.165) is 5.56 Å². The number of ether oxygens (including phenoxy) is 1. The largest absolute Gasteiger partial charge is 0.507 e. The summed E-state index contributed by atoms with van der Waals surface area (Å²) < 4.78 is 10.8. The number of hydrogen-bond donors (Lipinski definition) is 1. The van der Waals surface area contributed by atoms with Crippen LogP contribution in [0.5, 0.6) is 5.75 Å². The Morgan fingerprint density at radius 1 is 1.06 bits per heavy atom. The van der Waals surface area contributed by atoms with Crippen LogP contribution in [0, 0.1) is 0 Å². The molecule has 0 bridgehead atoms. The van der Waals surface area contributed by atoms with Gasteiger partial charge in [-0.1, -0.05) is 43.0 Å². The van der Waals surface area contributed by atoms with Gasteiger partial charge in [-0.3, -0.25) is 9.59 Å². The van der Waals surface area contributed by atoms with Crippen LogP contribution in [0.1, 0.15) is 22.9 Å². The Morgan fingerprint density at radius 2 is 1.81 bits per heavy atom. The number of aliphatic hydroxyl groups is 1. The van der Waals surface area contributed by atoms with Gasteiger partial charge in [0.2, 0.25) is 0 Å². The second kappa shape index (κ2) is 8.75. The summed E-state index contributed by atoms with van der Waals surface area (Å²) in [6, 6.07) is 18.6. The van der Waals surface area contributed by atoms with Crippen LogP contribution in [-0.4, -0.2) is 28.3 Å². The van der Waals surface area contributed by atoms with Gasteiger partial charge in [0.1, 0.15) is 23.9 Å². The number of rotatable bonds is 7. The van der Waals surface area contributed by atoms with Crippen molar-refractivity contribution in [1.29, 1.82) is 0 Å². The molecule has 1 amide bonds. The zero-order chi connectivity index (χ0) is 21.8. The fourth-order valence-electron chi connectivity index (χ4n) is 3.62. The van der Waals surface area contributed by atoms with Crippen LogP contribution in [-0.2, 0) is 16.1 Å². The average Bonchev–Trinajstić information content (AvgIpc) is 3.40. The molecule has 4 rings (SSSR count). The van der Waals surface area contributed by atoms with Gasteiger partial charge in [0.25, 0.3) is 11.7 Å². The van der Waals surface area contributed by atoms with Gasteiger partial charge in [0.05, 0.1) is 24.4 Å². The van der Waals surface area contributed by atoms with Crippen LogP contribution >= 0.6 is 0 Å². The molecule has 1 unspecified atom stereocenters. The lowest BCUT2D eigenvalue weighted by molar-refractivity contribution is -0.140. The molecule has 2 heterocycles. The van der Waals surface area contributed by atoms with E-state index in [4.69, 9.17) is 9.15 Å². The molecule has 156 valence electrons. The van der Waals surface area contributed by atoms with E-state index in [0.29, 0.717) is 23.7 Å². The van der Waals surface area contributed by atoms with Gasteiger partial charge < -0.3 is 19.2 Å². The topological polar surface area (TPSA) is 80.0 Å². The average molecular weight is 415 g/mol. The third-order valence-electron chi connectivity index (χ3n) is 5.06. The van der Waals surface area contributed by atoms with E-state index in [9.17, 15) is 14.7 Å². The van der Waals surface area contributed by atoms with Crippen molar-refractivity contribution in [2.75, 3.05) is 6.61 Å². The Hall–Kier alpha value is -4.06. The number of carbonyl (C=O) groups is 2. The first kappa shape index (κ1) is 20.2. The number of ketones is 1. The van der Waals surface area contributed by atoms with Gasteiger partial charge in [0, 0.05) is 5.56 Å². The van der Waals surface area contributed by atoms with Gasteiger partial charge in [-0.05, 0) is 42.0 Å². The van der Waals surface area contributed by atoms with Crippen LogP contribution in [0.3, 0.4) is 0 Å². The van der Waals surface area contributed by atoms with E-state index in [2.05, 4.69) is 6.58 Å². The van der Waals surface area contributed by atoms with Gasteiger partial charge in [-0.15, -0.1) is 0 Å². The first-order valence-corrected chi connectivity index (χ1v) is 9.80. The Bertz CT molecular complexity index is 1110. The van der Waals surface area contributed by atoms with E-state index < -0.39 is 17.7 Å². The summed E-state index contributed by atoms with van der Waals surface area (Å²) in [5, 5.41) is 11.1. The highest BCUT2D eigenvalue weighted by Crippen LogP contribution is 2.40. The van der Waals surface area contributed by atoms with Gasteiger partial charge in [-0.25, -0.2) is 0 Å². The number of nitrogens with zero attached hydrogens (tertiary/aromatic N) is 1. The van der Waals surface area contributed by atoms with E-state index in [-0.39, 0.29) is 17.9 Å². The standard InChI is InChI=1S/C25H21NO5/c1-2-14-30-19-12-10-18(11-13-19)23(27)21-22(17-7-4-3-5-8-17)26(25(29)24(21)28)16-20-9-6-15-31-20/h2-13,15,22,27H,1,14,16H2. The molecular weight excluding hydrogens is 394 g/mol. The van der Waals surface area contributed by atoms with Crippen molar-refractivity contribution >= 4 is 17.4 Å². The monoisotopic (exact) mass is 415 g/mol. The Balaban J connectivity index is 1.77. The minimum absolute atomic E-state index is 0.0440. The lowest BCUT2D eigenvalue weighted by Crippen LogP contribution is -2.29. The normalized spacial score (nSPS) is 17.7. The molecule has 6 heteroatoms. The maximum atomic E-state index is 13.0. The van der Waals surface area contributed by atoms with Crippen molar-refractivity contribution in [2.45, 2.75) is 12.6 Å². The predicted molar refractivity (Wildman–Crippen MR) is 115 cm³/mol. The quantitative estimate of drug-likeness (QED) is 0.267. The molecule has 1 fully saturated rings. The summed E-state index contributed by atoms with van der Waals surface area (Å²) in [5.41, 5.74) is 1.19. The molecule has 1 N–H and O–H groups in total. The molecule has 0 saturated carbocycles. The van der Waals surface area contributed by atoms with Crippen molar-refractivity contribution in [2.24, 2.45) is 0 Å². The summed E-state index contributed by atoms with van der Waals surface area (Å²) in [6.45, 7) is 4.08. The summed E-state index contributed by atoms with van der Waals surface area (Å²) in [5.74, 6) is -0.493. The second-order valence-electron chi connectivity index (χ2n) is 7.04. The molecule has 0 radical (unpaired) electrons. The van der Waals surface area contributed by atoms with Crippen LogP contribution < -0.4 is 4.74 Å². The van der Waals surface area contributed by atoms with E-state index in [1.165, 1.54) is 11.2 Å². The van der Waals surface area contributed by atoms with Crippen molar-refractivity contribution in [1.82, 2.24) is 4.90 Å². The SMILES string of the molecule is C=CCOc1ccc(C(O)=C2C(=O)C(=O)N(Cc3ccco3)C2c2ccccc2)cc1. The third-order valence-corrected chi connectivity index (χ3v) is 5.06. The number of carbonyl (C=O) groups excluding carboxylic acids is 2. The first-order chi connectivity index (χ1) is 15.1. The molecule has 1 atom stereocenters. The zero-order valence-electron chi connectivity index (χ0n) is 16.7. The lowest BCUT2D eigenvalue weighted by Gasteiger charge is -2.24. The van der Waals surface area contributed by atoms with E-state index in [1.807, 2.05) is 30.3 Å². The van der Waals surface area contributed by atoms with Crippen LogP contribution in [0.4, 0.5) is 0 Å². The van der Waals surface area contributed by atoms with Crippen LogP contribution in [0.15, 0.2) is 95.6 Å². The molecular formula is C25H21NO5. The van der Waals surface area contributed by atoms with Crippen LogP contribution in [0.25, 0.3) is 5.76 Å². The molecule has 1 aliphatic rings. The Kier molecular flexibility index (Phi) is 5.71. The summed E-state index contributed by atoms with van der Waals surface area (Å²) in [4.78, 5) is 27.3. The number of furan rings is 1. The predicted octanol–water partition coefficient (Wildman–Crippen LogP) is 4.47. The fourth-order valence-corrected chi connectivity index (χ4v) is 3.62. The van der Waals surface area contributed by atoms with Crippen molar-refractivity contribution < 1.29 is 23.8 Å². The van der Waals surface area contributed by atoms with Gasteiger partial charge >= 0.3 is 0 Å². The summed E-state index contributed by atoms with van der Waals surface area (Å²) in [6.07, 6.45) is 3.15. The second-order valence-corrected chi connectivity index (χ2v) is 7.04. The molecule has 1 aromatic heterocycles. The maximum absolute atomic E-state index is 13.0. The first-order valence-electron chi connectivity index (χ1n) is 9.80. The number of hydrogen-bond acceptors (Lipinski definition) is 5. The summed E-state index contributed by atoms with van der Waals surface area (Å²) >= 11 is 0. The number of likely N-dealkylation sites (tertiary alicyclic amines) is 1. The fraction of sp³-hybridized carbons (Fsp3) is 0.120. The molecule has 31 heavy (non-hydrogen) atoms. The number of aliphatic hydroxyl groups excluding tert-OH is 1. The molecule has 3 aromatic rings. The molecule has 1 aliphatic heterocycles. The highest BCUT2D eigenvalue weighted by molar-refractivity contribution is 6.46. The molecule has 1 saturated heterocycles. The number of Topliss-reactive ketones (excluding diaryl/α,β-unsaturated/α-hetero) is 1.